The fourth-order valence-corrected chi connectivity index (χ4v) is 5.11. The summed E-state index contributed by atoms with van der Waals surface area (Å²) in [6.45, 7) is 2.81. The molecule has 1 aromatic heterocycles. The number of piperazine rings is 1. The summed E-state index contributed by atoms with van der Waals surface area (Å²) in [4.78, 5) is 4.14. The van der Waals surface area contributed by atoms with Crippen molar-refractivity contribution in [2.75, 3.05) is 44.7 Å². The van der Waals surface area contributed by atoms with Gasteiger partial charge in [0.1, 0.15) is 11.5 Å². The number of nitrogens with one attached hydrogen (secondary N) is 1. The van der Waals surface area contributed by atoms with Crippen LogP contribution < -0.4 is 14.4 Å². The van der Waals surface area contributed by atoms with Crippen molar-refractivity contribution in [2.24, 2.45) is 0 Å². The first-order chi connectivity index (χ1) is 16.7. The van der Waals surface area contributed by atoms with Gasteiger partial charge in [-0.25, -0.2) is 13.1 Å². The zero-order valence-corrected chi connectivity index (χ0v) is 19.8. The minimum atomic E-state index is -4.53. The number of benzene rings is 2. The molecule has 1 saturated heterocycles. The maximum absolute atomic E-state index is 12.8. The molecule has 1 N–H and O–H groups in total. The molecule has 35 heavy (non-hydrogen) atoms. The van der Waals surface area contributed by atoms with Gasteiger partial charge in [-0.1, -0.05) is 0 Å². The molecule has 1 aliphatic rings. The highest BCUT2D eigenvalue weighted by Gasteiger charge is 2.31. The predicted molar refractivity (Wildman–Crippen MR) is 125 cm³/mol. The highest BCUT2D eigenvalue weighted by Crippen LogP contribution is 2.30. The molecule has 188 valence electrons. The number of ether oxygens (including phenoxy) is 1. The highest BCUT2D eigenvalue weighted by molar-refractivity contribution is 7.89. The summed E-state index contributed by atoms with van der Waals surface area (Å²) in [7, 11) is -2.40. The molecule has 3 aromatic rings. The van der Waals surface area contributed by atoms with Gasteiger partial charge in [-0.05, 0) is 60.7 Å². The third kappa shape index (κ3) is 5.98. The Balaban J connectivity index is 1.43. The van der Waals surface area contributed by atoms with E-state index in [-0.39, 0.29) is 17.5 Å². The smallest absolute Gasteiger partial charge is 0.416 e. The molecule has 2 heterocycles. The van der Waals surface area contributed by atoms with E-state index in [4.69, 9.17) is 9.15 Å². The number of rotatable bonds is 8. The number of hydrogen-bond acceptors (Lipinski definition) is 6. The number of anilines is 1. The van der Waals surface area contributed by atoms with Crippen molar-refractivity contribution in [3.8, 4) is 5.75 Å². The molecule has 1 fully saturated rings. The summed E-state index contributed by atoms with van der Waals surface area (Å²) in [6, 6.07) is 14.4. The average Bonchev–Trinajstić information content (AvgIpc) is 3.39. The summed E-state index contributed by atoms with van der Waals surface area (Å²) in [5.74, 6) is 1.39. The maximum Gasteiger partial charge on any atom is 0.416 e. The van der Waals surface area contributed by atoms with E-state index < -0.39 is 21.8 Å². The monoisotopic (exact) mass is 509 g/mol. The summed E-state index contributed by atoms with van der Waals surface area (Å²) < 4.78 is 77.3. The van der Waals surface area contributed by atoms with Crippen LogP contribution in [0.1, 0.15) is 17.4 Å². The molecule has 0 saturated carbocycles. The van der Waals surface area contributed by atoms with Crippen molar-refractivity contribution in [3.05, 3.63) is 78.3 Å². The molecule has 1 atom stereocenters. The third-order valence-electron chi connectivity index (χ3n) is 6.02. The Hall–Kier alpha value is -3.02. The molecule has 0 amide bonds. The number of alkyl halides is 3. The summed E-state index contributed by atoms with van der Waals surface area (Å²) in [5, 5.41) is 0. The number of methoxy groups -OCH3 is 1. The molecular weight excluding hydrogens is 483 g/mol. The second-order valence-corrected chi connectivity index (χ2v) is 9.89. The van der Waals surface area contributed by atoms with E-state index in [9.17, 15) is 21.6 Å². The minimum absolute atomic E-state index is 0.0133. The largest absolute Gasteiger partial charge is 0.497 e. The van der Waals surface area contributed by atoms with Crippen molar-refractivity contribution in [2.45, 2.75) is 17.1 Å². The second kappa shape index (κ2) is 10.3. The van der Waals surface area contributed by atoms with Crippen LogP contribution in [0, 0.1) is 0 Å². The lowest BCUT2D eigenvalue weighted by Gasteiger charge is -2.39. The van der Waals surface area contributed by atoms with Gasteiger partial charge in [-0.2, -0.15) is 13.2 Å². The van der Waals surface area contributed by atoms with Gasteiger partial charge in [0, 0.05) is 38.4 Å². The van der Waals surface area contributed by atoms with Gasteiger partial charge in [0.25, 0.3) is 0 Å². The molecule has 0 spiro atoms. The first-order valence-corrected chi connectivity index (χ1v) is 12.5. The molecule has 1 unspecified atom stereocenters. The van der Waals surface area contributed by atoms with Crippen LogP contribution in [0.5, 0.6) is 5.75 Å². The highest BCUT2D eigenvalue weighted by atomic mass is 32.2. The van der Waals surface area contributed by atoms with E-state index in [1.165, 1.54) is 6.26 Å². The Labute approximate surface area is 202 Å². The number of nitrogens with zero attached hydrogens (tertiary/aromatic N) is 2. The number of sulfonamides is 1. The summed E-state index contributed by atoms with van der Waals surface area (Å²) in [5.41, 5.74) is 0.169. The van der Waals surface area contributed by atoms with Crippen molar-refractivity contribution in [1.82, 2.24) is 9.62 Å². The minimum Gasteiger partial charge on any atom is -0.497 e. The number of furan rings is 1. The van der Waals surface area contributed by atoms with E-state index in [1.54, 1.807) is 19.2 Å². The quantitative estimate of drug-likeness (QED) is 0.492. The van der Waals surface area contributed by atoms with Crippen molar-refractivity contribution < 1.29 is 30.7 Å². The summed E-state index contributed by atoms with van der Waals surface area (Å²) in [6.07, 6.45) is -3.01. The molecule has 0 aliphatic carbocycles. The van der Waals surface area contributed by atoms with Gasteiger partial charge in [0.15, 0.2) is 0 Å². The van der Waals surface area contributed by atoms with Gasteiger partial charge >= 0.3 is 6.18 Å². The van der Waals surface area contributed by atoms with E-state index >= 15 is 0 Å². The van der Waals surface area contributed by atoms with Gasteiger partial charge in [0.05, 0.1) is 29.9 Å². The standard InChI is InChI=1S/C24H26F3N3O4S/c1-33-20-8-6-19(7-9-20)29-12-14-30(15-13-29)22(23-3-2-16-34-23)17-28-35(31,32)21-10-4-18(5-11-21)24(25,26)27/h2-11,16,22,28H,12-15,17H2,1H3. The Morgan fingerprint density at radius 3 is 2.20 bits per heavy atom. The van der Waals surface area contributed by atoms with E-state index in [1.807, 2.05) is 24.3 Å². The number of halogens is 3. The number of hydrogen-bond donors (Lipinski definition) is 1. The van der Waals surface area contributed by atoms with Crippen LogP contribution in [0.25, 0.3) is 0 Å². The molecule has 1 aliphatic heterocycles. The fourth-order valence-electron chi connectivity index (χ4n) is 4.07. The molecule has 7 nitrogen and oxygen atoms in total. The first kappa shape index (κ1) is 25.1. The Kier molecular flexibility index (Phi) is 7.39. The van der Waals surface area contributed by atoms with Gasteiger partial charge in [0.2, 0.25) is 10.0 Å². The van der Waals surface area contributed by atoms with Crippen LogP contribution in [-0.4, -0.2) is 53.2 Å². The fraction of sp³-hybridized carbons (Fsp3) is 0.333. The van der Waals surface area contributed by atoms with Crippen molar-refractivity contribution >= 4 is 15.7 Å². The molecule has 2 aromatic carbocycles. The lowest BCUT2D eigenvalue weighted by Crippen LogP contribution is -2.49. The predicted octanol–water partition coefficient (Wildman–Crippen LogP) is 4.15. The lowest BCUT2D eigenvalue weighted by molar-refractivity contribution is -0.137. The van der Waals surface area contributed by atoms with E-state index in [0.717, 1.165) is 48.8 Å². The van der Waals surface area contributed by atoms with Gasteiger partial charge in [-0.15, -0.1) is 0 Å². The van der Waals surface area contributed by atoms with Crippen molar-refractivity contribution in [3.63, 3.8) is 0 Å². The molecular formula is C24H26F3N3O4S. The Morgan fingerprint density at radius 1 is 1.00 bits per heavy atom. The lowest BCUT2D eigenvalue weighted by atomic mass is 10.1. The maximum atomic E-state index is 12.8. The molecule has 4 rings (SSSR count). The second-order valence-electron chi connectivity index (χ2n) is 8.13. The van der Waals surface area contributed by atoms with Gasteiger partial charge in [-0.3, -0.25) is 4.90 Å². The molecule has 0 radical (unpaired) electrons. The zero-order valence-electron chi connectivity index (χ0n) is 19.0. The van der Waals surface area contributed by atoms with Crippen LogP contribution >= 0.6 is 0 Å². The normalized spacial score (nSPS) is 16.3. The SMILES string of the molecule is COc1ccc(N2CCN(C(CNS(=O)(=O)c3ccc(C(F)(F)F)cc3)c3ccco3)CC2)cc1. The van der Waals surface area contributed by atoms with E-state index in [0.29, 0.717) is 18.8 Å². The molecule has 0 bridgehead atoms. The first-order valence-electron chi connectivity index (χ1n) is 11.0. The topological polar surface area (TPSA) is 75.0 Å². The zero-order chi connectivity index (χ0) is 25.1. The van der Waals surface area contributed by atoms with Crippen LogP contribution in [0.4, 0.5) is 18.9 Å². The summed E-state index contributed by atoms with van der Waals surface area (Å²) >= 11 is 0. The van der Waals surface area contributed by atoms with E-state index in [2.05, 4.69) is 14.5 Å². The van der Waals surface area contributed by atoms with Crippen LogP contribution in [0.2, 0.25) is 0 Å². The van der Waals surface area contributed by atoms with Crippen LogP contribution in [0.15, 0.2) is 76.2 Å². The average molecular weight is 510 g/mol. The Bertz CT molecular complexity index is 1190. The third-order valence-corrected chi connectivity index (χ3v) is 7.46. The molecule has 11 heteroatoms. The van der Waals surface area contributed by atoms with Crippen molar-refractivity contribution in [1.29, 1.82) is 0 Å². The van der Waals surface area contributed by atoms with Crippen LogP contribution in [0.3, 0.4) is 0 Å². The van der Waals surface area contributed by atoms with Crippen LogP contribution in [-0.2, 0) is 16.2 Å². The Morgan fingerprint density at radius 2 is 1.66 bits per heavy atom. The van der Waals surface area contributed by atoms with Gasteiger partial charge < -0.3 is 14.1 Å².